The molecule has 0 fully saturated rings. The quantitative estimate of drug-likeness (QED) is 0.424. The van der Waals surface area contributed by atoms with Gasteiger partial charge in [0.05, 0.1) is 20.4 Å². The van der Waals surface area contributed by atoms with E-state index in [0.29, 0.717) is 26.3 Å². The number of rotatable bonds is 3. The second-order valence-electron chi connectivity index (χ2n) is 4.92. The summed E-state index contributed by atoms with van der Waals surface area (Å²) in [7, 11) is 0. The molecule has 0 saturated heterocycles. The SMILES string of the molecule is CC(C)n1c(-c2ncc([N+](=O)[O-])s2)nc2c(S)c(Cl)ccc21. The molecule has 0 N–H and O–H groups in total. The lowest BCUT2D eigenvalue weighted by Gasteiger charge is -2.11. The highest BCUT2D eigenvalue weighted by molar-refractivity contribution is 7.80. The molecule has 0 amide bonds. The van der Waals surface area contributed by atoms with Gasteiger partial charge in [-0.25, -0.2) is 9.97 Å². The van der Waals surface area contributed by atoms with E-state index in [1.165, 1.54) is 6.20 Å². The molecule has 2 aromatic heterocycles. The van der Waals surface area contributed by atoms with E-state index in [1.54, 1.807) is 6.07 Å². The van der Waals surface area contributed by atoms with Gasteiger partial charge in [-0.05, 0) is 37.3 Å². The van der Waals surface area contributed by atoms with E-state index < -0.39 is 4.92 Å². The molecular formula is C13H11ClN4O2S2. The maximum Gasteiger partial charge on any atom is 0.344 e. The molecule has 0 bridgehead atoms. The zero-order valence-corrected chi connectivity index (χ0v) is 14.1. The van der Waals surface area contributed by atoms with Crippen molar-refractivity contribution in [2.45, 2.75) is 24.8 Å². The van der Waals surface area contributed by atoms with Crippen molar-refractivity contribution >= 4 is 51.6 Å². The number of thiol groups is 1. The molecule has 0 aliphatic rings. The Morgan fingerprint density at radius 3 is 2.77 bits per heavy atom. The highest BCUT2D eigenvalue weighted by atomic mass is 35.5. The topological polar surface area (TPSA) is 73.8 Å². The maximum atomic E-state index is 10.9. The number of nitro groups is 1. The lowest BCUT2D eigenvalue weighted by atomic mass is 10.3. The molecule has 0 aliphatic heterocycles. The van der Waals surface area contributed by atoms with Crippen LogP contribution in [0.4, 0.5) is 5.00 Å². The summed E-state index contributed by atoms with van der Waals surface area (Å²) >= 11 is 11.5. The van der Waals surface area contributed by atoms with Crippen LogP contribution in [0.1, 0.15) is 19.9 Å². The van der Waals surface area contributed by atoms with Crippen LogP contribution >= 0.6 is 35.6 Å². The van der Waals surface area contributed by atoms with E-state index in [0.717, 1.165) is 16.9 Å². The van der Waals surface area contributed by atoms with Gasteiger partial charge in [0.25, 0.3) is 0 Å². The largest absolute Gasteiger partial charge is 0.344 e. The molecule has 1 aromatic carbocycles. The molecule has 114 valence electrons. The molecule has 0 saturated carbocycles. The molecule has 0 radical (unpaired) electrons. The predicted octanol–water partition coefficient (Wildman–Crippen LogP) is 4.59. The molecule has 3 rings (SSSR count). The number of hydrogen-bond acceptors (Lipinski definition) is 6. The van der Waals surface area contributed by atoms with Crippen LogP contribution in [0.15, 0.2) is 23.2 Å². The van der Waals surface area contributed by atoms with Crippen molar-refractivity contribution in [3.8, 4) is 10.8 Å². The van der Waals surface area contributed by atoms with Crippen molar-refractivity contribution in [3.63, 3.8) is 0 Å². The van der Waals surface area contributed by atoms with Crippen LogP contribution in [0.2, 0.25) is 5.02 Å². The van der Waals surface area contributed by atoms with Crippen LogP contribution in [0.5, 0.6) is 0 Å². The highest BCUT2D eigenvalue weighted by Gasteiger charge is 2.22. The maximum absolute atomic E-state index is 10.9. The number of halogens is 1. The number of benzene rings is 1. The van der Waals surface area contributed by atoms with Gasteiger partial charge >= 0.3 is 5.00 Å². The van der Waals surface area contributed by atoms with Crippen molar-refractivity contribution in [1.82, 2.24) is 14.5 Å². The summed E-state index contributed by atoms with van der Waals surface area (Å²) in [6.45, 7) is 4.03. The summed E-state index contributed by atoms with van der Waals surface area (Å²) in [6, 6.07) is 3.74. The van der Waals surface area contributed by atoms with Crippen LogP contribution in [-0.4, -0.2) is 19.5 Å². The van der Waals surface area contributed by atoms with Crippen molar-refractivity contribution in [1.29, 1.82) is 0 Å². The normalized spacial score (nSPS) is 11.5. The first kappa shape index (κ1) is 15.3. The number of fused-ring (bicyclic) bond motifs is 1. The first-order chi connectivity index (χ1) is 10.4. The molecular weight excluding hydrogens is 344 g/mol. The molecule has 22 heavy (non-hydrogen) atoms. The summed E-state index contributed by atoms with van der Waals surface area (Å²) in [5, 5.41) is 11.9. The Bertz CT molecular complexity index is 888. The van der Waals surface area contributed by atoms with Crippen LogP contribution in [0.25, 0.3) is 21.9 Å². The molecule has 9 heteroatoms. The fourth-order valence-corrected chi connectivity index (χ4v) is 3.36. The smallest absolute Gasteiger partial charge is 0.319 e. The van der Waals surface area contributed by atoms with Crippen LogP contribution in [-0.2, 0) is 0 Å². The van der Waals surface area contributed by atoms with E-state index >= 15 is 0 Å². The third kappa shape index (κ3) is 2.37. The van der Waals surface area contributed by atoms with Gasteiger partial charge in [-0.1, -0.05) is 11.6 Å². The molecule has 6 nitrogen and oxygen atoms in total. The van der Waals surface area contributed by atoms with Gasteiger partial charge in [0, 0.05) is 6.04 Å². The highest BCUT2D eigenvalue weighted by Crippen LogP contribution is 2.36. The zero-order chi connectivity index (χ0) is 16.0. The van der Waals surface area contributed by atoms with Gasteiger partial charge in [0.15, 0.2) is 10.8 Å². The second-order valence-corrected chi connectivity index (χ2v) is 6.79. The Kier molecular flexibility index (Phi) is 3.84. The summed E-state index contributed by atoms with van der Waals surface area (Å²) in [6.07, 6.45) is 1.25. The summed E-state index contributed by atoms with van der Waals surface area (Å²) in [5.41, 5.74) is 1.54. The van der Waals surface area contributed by atoms with Gasteiger partial charge in [0.2, 0.25) is 0 Å². The third-order valence-corrected chi connectivity index (χ3v) is 5.01. The van der Waals surface area contributed by atoms with Crippen molar-refractivity contribution < 1.29 is 4.92 Å². The summed E-state index contributed by atoms with van der Waals surface area (Å²) < 4.78 is 1.98. The Labute approximate surface area is 140 Å². The van der Waals surface area contributed by atoms with Gasteiger partial charge in [-0.2, -0.15) is 0 Å². The van der Waals surface area contributed by atoms with Crippen molar-refractivity contribution in [2.75, 3.05) is 0 Å². The molecule has 0 atom stereocenters. The lowest BCUT2D eigenvalue weighted by molar-refractivity contribution is -0.380. The minimum atomic E-state index is -0.454. The number of hydrogen-bond donors (Lipinski definition) is 1. The number of thiazole rings is 1. The van der Waals surface area contributed by atoms with Gasteiger partial charge in [-0.15, -0.1) is 12.6 Å². The molecule has 0 spiro atoms. The number of imidazole rings is 1. The second kappa shape index (κ2) is 5.53. The van der Waals surface area contributed by atoms with E-state index in [1.807, 2.05) is 24.5 Å². The van der Waals surface area contributed by atoms with E-state index in [9.17, 15) is 10.1 Å². The minimum Gasteiger partial charge on any atom is -0.319 e. The fourth-order valence-electron chi connectivity index (χ4n) is 2.25. The van der Waals surface area contributed by atoms with Crippen LogP contribution in [0.3, 0.4) is 0 Å². The Morgan fingerprint density at radius 1 is 1.45 bits per heavy atom. The van der Waals surface area contributed by atoms with Crippen LogP contribution < -0.4 is 0 Å². The van der Waals surface area contributed by atoms with E-state index in [4.69, 9.17) is 11.6 Å². The van der Waals surface area contributed by atoms with Crippen LogP contribution in [0, 0.1) is 10.1 Å². The molecule has 0 unspecified atom stereocenters. The minimum absolute atomic E-state index is 0.0125. The monoisotopic (exact) mass is 354 g/mol. The Balaban J connectivity index is 2.30. The lowest BCUT2D eigenvalue weighted by Crippen LogP contribution is -2.02. The first-order valence-corrected chi connectivity index (χ1v) is 8.04. The standard InChI is InChI=1S/C13H11ClN4O2S2/c1-6(2)17-8-4-3-7(14)11(21)10(8)16-12(17)13-15-5-9(22-13)18(19)20/h3-6,21H,1-2H3. The average Bonchev–Trinajstić information content (AvgIpc) is 3.06. The summed E-state index contributed by atoms with van der Waals surface area (Å²) in [5.74, 6) is 0.584. The molecule has 2 heterocycles. The van der Waals surface area contributed by atoms with Gasteiger partial charge < -0.3 is 4.57 Å². The van der Waals surface area contributed by atoms with E-state index in [-0.39, 0.29) is 11.0 Å². The summed E-state index contributed by atoms with van der Waals surface area (Å²) in [4.78, 5) is 19.7. The van der Waals surface area contributed by atoms with Gasteiger partial charge in [-0.3, -0.25) is 10.1 Å². The Hall–Kier alpha value is -1.64. The van der Waals surface area contributed by atoms with Crippen molar-refractivity contribution in [2.24, 2.45) is 0 Å². The van der Waals surface area contributed by atoms with E-state index in [2.05, 4.69) is 22.6 Å². The predicted molar refractivity (Wildman–Crippen MR) is 90.1 cm³/mol. The van der Waals surface area contributed by atoms with Gasteiger partial charge in [0.1, 0.15) is 11.7 Å². The zero-order valence-electron chi connectivity index (χ0n) is 11.6. The third-order valence-electron chi connectivity index (χ3n) is 3.17. The molecule has 3 aromatic rings. The van der Waals surface area contributed by atoms with Crippen molar-refractivity contribution in [3.05, 3.63) is 33.5 Å². The molecule has 0 aliphatic carbocycles. The number of aromatic nitrogens is 3. The fraction of sp³-hybridized carbons (Fsp3) is 0.231. The first-order valence-electron chi connectivity index (χ1n) is 6.40. The Morgan fingerprint density at radius 2 is 2.18 bits per heavy atom. The number of nitrogens with zero attached hydrogens (tertiary/aromatic N) is 4. The average molecular weight is 355 g/mol.